The van der Waals surface area contributed by atoms with Gasteiger partial charge in [-0.15, -0.1) is 0 Å². The second kappa shape index (κ2) is 4.53. The van der Waals surface area contributed by atoms with E-state index in [0.29, 0.717) is 0 Å². The first-order valence-electron chi connectivity index (χ1n) is 3.49. The van der Waals surface area contributed by atoms with Gasteiger partial charge in [-0.05, 0) is 12.1 Å². The molecule has 0 saturated carbocycles. The van der Waals surface area contributed by atoms with Crippen molar-refractivity contribution in [2.45, 2.75) is 3.79 Å². The van der Waals surface area contributed by atoms with E-state index in [1.807, 2.05) is 0 Å². The smallest absolute Gasteiger partial charge is 0.253 e. The summed E-state index contributed by atoms with van der Waals surface area (Å²) >= 11 is 18.6. The molecule has 0 fully saturated rings. The maximum absolute atomic E-state index is 13.2. The average Bonchev–Trinajstić information content (AvgIpc) is 1.99. The van der Waals surface area contributed by atoms with Gasteiger partial charge in [0, 0.05) is 4.47 Å². The first kappa shape index (κ1) is 13.2. The minimum absolute atomic E-state index is 0.151. The molecule has 0 aliphatic heterocycles. The molecule has 0 radical (unpaired) electrons. The van der Waals surface area contributed by atoms with E-state index >= 15 is 0 Å². The largest absolute Gasteiger partial charge is 0.289 e. The highest BCUT2D eigenvalue weighted by molar-refractivity contribution is 9.10. The SMILES string of the molecule is O=C(c1c(F)cc(Br)cc1F)C(Cl)(Cl)Cl. The van der Waals surface area contributed by atoms with Gasteiger partial charge in [0.05, 0.1) is 5.56 Å². The van der Waals surface area contributed by atoms with Crippen LogP contribution in [0.3, 0.4) is 0 Å². The third-order valence-electron chi connectivity index (χ3n) is 1.49. The van der Waals surface area contributed by atoms with Crippen molar-refractivity contribution in [3.05, 3.63) is 33.8 Å². The van der Waals surface area contributed by atoms with Gasteiger partial charge in [-0.3, -0.25) is 4.79 Å². The summed E-state index contributed by atoms with van der Waals surface area (Å²) in [6.07, 6.45) is 0. The lowest BCUT2D eigenvalue weighted by Gasteiger charge is -2.11. The van der Waals surface area contributed by atoms with Crippen LogP contribution in [0.15, 0.2) is 16.6 Å². The normalized spacial score (nSPS) is 11.6. The van der Waals surface area contributed by atoms with Crippen LogP contribution >= 0.6 is 50.7 Å². The lowest BCUT2D eigenvalue weighted by atomic mass is 10.1. The van der Waals surface area contributed by atoms with Crippen LogP contribution in [0.4, 0.5) is 8.78 Å². The Kier molecular flexibility index (Phi) is 3.98. The fraction of sp³-hybridized carbons (Fsp3) is 0.125. The zero-order chi connectivity index (χ0) is 11.8. The van der Waals surface area contributed by atoms with E-state index in [2.05, 4.69) is 15.9 Å². The Morgan fingerprint density at radius 1 is 1.20 bits per heavy atom. The molecule has 0 heterocycles. The Morgan fingerprint density at radius 2 is 1.60 bits per heavy atom. The summed E-state index contributed by atoms with van der Waals surface area (Å²) in [6, 6.07) is 1.82. The molecule has 0 bridgehead atoms. The topological polar surface area (TPSA) is 17.1 Å². The molecule has 0 N–H and O–H groups in total. The maximum Gasteiger partial charge on any atom is 0.253 e. The van der Waals surface area contributed by atoms with Crippen molar-refractivity contribution in [3.8, 4) is 0 Å². The predicted molar refractivity (Wildman–Crippen MR) is 58.7 cm³/mol. The molecular formula is C8H2BrCl3F2O. The van der Waals surface area contributed by atoms with Gasteiger partial charge in [0.25, 0.3) is 3.79 Å². The number of carbonyl (C=O) groups excluding carboxylic acids is 1. The van der Waals surface area contributed by atoms with Crippen LogP contribution in [0, 0.1) is 11.6 Å². The van der Waals surface area contributed by atoms with Crippen LogP contribution in [-0.2, 0) is 0 Å². The second-order valence-corrected chi connectivity index (χ2v) is 5.77. The van der Waals surface area contributed by atoms with E-state index in [-0.39, 0.29) is 4.47 Å². The van der Waals surface area contributed by atoms with Crippen LogP contribution in [-0.4, -0.2) is 9.58 Å². The molecule has 0 atom stereocenters. The Balaban J connectivity index is 3.33. The molecule has 0 amide bonds. The minimum Gasteiger partial charge on any atom is -0.289 e. The molecule has 1 nitrogen and oxygen atoms in total. The Morgan fingerprint density at radius 3 is 1.93 bits per heavy atom. The first-order chi connectivity index (χ1) is 6.73. The van der Waals surface area contributed by atoms with E-state index in [9.17, 15) is 13.6 Å². The van der Waals surface area contributed by atoms with Crippen molar-refractivity contribution in [2.24, 2.45) is 0 Å². The maximum atomic E-state index is 13.2. The molecule has 0 aliphatic carbocycles. The average molecular weight is 338 g/mol. The van der Waals surface area contributed by atoms with Crippen molar-refractivity contribution in [1.29, 1.82) is 0 Å². The zero-order valence-electron chi connectivity index (χ0n) is 6.83. The Bertz CT molecular complexity index is 394. The van der Waals surface area contributed by atoms with Crippen LogP contribution in [0.2, 0.25) is 0 Å². The summed E-state index contributed by atoms with van der Waals surface area (Å²) in [7, 11) is 0. The fourth-order valence-electron chi connectivity index (χ4n) is 0.901. The van der Waals surface area contributed by atoms with Gasteiger partial charge in [-0.1, -0.05) is 50.7 Å². The number of rotatable bonds is 1. The van der Waals surface area contributed by atoms with Crippen LogP contribution in [0.1, 0.15) is 10.4 Å². The van der Waals surface area contributed by atoms with Gasteiger partial charge < -0.3 is 0 Å². The van der Waals surface area contributed by atoms with E-state index in [1.54, 1.807) is 0 Å². The highest BCUT2D eigenvalue weighted by Crippen LogP contribution is 2.33. The van der Waals surface area contributed by atoms with Crippen LogP contribution in [0.5, 0.6) is 0 Å². The van der Waals surface area contributed by atoms with Crippen molar-refractivity contribution in [1.82, 2.24) is 0 Å². The summed E-state index contributed by atoms with van der Waals surface area (Å²) in [5.41, 5.74) is -0.863. The van der Waals surface area contributed by atoms with Crippen LogP contribution < -0.4 is 0 Å². The quantitative estimate of drug-likeness (QED) is 0.552. The lowest BCUT2D eigenvalue weighted by molar-refractivity contribution is 0.0988. The molecule has 0 aliphatic rings. The third-order valence-corrected chi connectivity index (χ3v) is 2.46. The van der Waals surface area contributed by atoms with Gasteiger partial charge in [0.1, 0.15) is 11.6 Å². The van der Waals surface area contributed by atoms with Gasteiger partial charge >= 0.3 is 0 Å². The molecule has 82 valence electrons. The molecule has 7 heteroatoms. The monoisotopic (exact) mass is 336 g/mol. The van der Waals surface area contributed by atoms with Gasteiger partial charge in [-0.25, -0.2) is 8.78 Å². The first-order valence-corrected chi connectivity index (χ1v) is 5.42. The van der Waals surface area contributed by atoms with Crippen molar-refractivity contribution < 1.29 is 13.6 Å². The molecule has 0 saturated heterocycles. The number of Topliss-reactive ketones (excluding diaryl/α,β-unsaturated/α-hetero) is 1. The summed E-state index contributed by atoms with van der Waals surface area (Å²) in [5.74, 6) is -3.41. The number of hydrogen-bond donors (Lipinski definition) is 0. The number of benzene rings is 1. The standard InChI is InChI=1S/C8H2BrCl3F2O/c9-3-1-4(13)6(5(14)2-3)7(15)8(10,11)12/h1-2H. The Hall–Kier alpha value is 0.1000. The van der Waals surface area contributed by atoms with Crippen molar-refractivity contribution in [2.75, 3.05) is 0 Å². The number of alkyl halides is 3. The highest BCUT2D eigenvalue weighted by atomic mass is 79.9. The number of ketones is 1. The predicted octanol–water partition coefficient (Wildman–Crippen LogP) is 4.28. The number of hydrogen-bond acceptors (Lipinski definition) is 1. The van der Waals surface area contributed by atoms with Crippen molar-refractivity contribution >= 4 is 56.5 Å². The fourth-order valence-corrected chi connectivity index (χ4v) is 1.59. The van der Waals surface area contributed by atoms with Gasteiger partial charge in [0.2, 0.25) is 5.78 Å². The summed E-state index contributed by atoms with van der Waals surface area (Å²) < 4.78 is 24.2. The van der Waals surface area contributed by atoms with E-state index in [1.165, 1.54) is 0 Å². The third kappa shape index (κ3) is 3.03. The number of carbonyl (C=O) groups is 1. The van der Waals surface area contributed by atoms with Crippen LogP contribution in [0.25, 0.3) is 0 Å². The lowest BCUT2D eigenvalue weighted by Crippen LogP contribution is -2.21. The molecule has 1 rings (SSSR count). The molecular weight excluding hydrogens is 336 g/mol. The molecule has 1 aromatic rings. The highest BCUT2D eigenvalue weighted by Gasteiger charge is 2.35. The van der Waals surface area contributed by atoms with Gasteiger partial charge in [0.15, 0.2) is 0 Å². The minimum atomic E-state index is -2.38. The zero-order valence-corrected chi connectivity index (χ0v) is 10.7. The Labute approximate surface area is 107 Å². The molecule has 15 heavy (non-hydrogen) atoms. The molecule has 0 unspecified atom stereocenters. The molecule has 0 spiro atoms. The molecule has 1 aromatic carbocycles. The summed E-state index contributed by atoms with van der Waals surface area (Å²) in [6.45, 7) is 0. The van der Waals surface area contributed by atoms with E-state index in [0.717, 1.165) is 12.1 Å². The second-order valence-electron chi connectivity index (χ2n) is 2.57. The van der Waals surface area contributed by atoms with Gasteiger partial charge in [-0.2, -0.15) is 0 Å². The van der Waals surface area contributed by atoms with Crippen molar-refractivity contribution in [3.63, 3.8) is 0 Å². The summed E-state index contributed by atoms with van der Waals surface area (Å²) in [5, 5.41) is 0. The van der Waals surface area contributed by atoms with E-state index < -0.39 is 26.8 Å². The summed E-state index contributed by atoms with van der Waals surface area (Å²) in [4.78, 5) is 11.3. The number of halogens is 6. The van der Waals surface area contributed by atoms with E-state index in [4.69, 9.17) is 34.8 Å². The molecule has 0 aromatic heterocycles.